The molecule has 0 bridgehead atoms. The van der Waals surface area contributed by atoms with Crippen LogP contribution in [0.25, 0.3) is 10.9 Å². The summed E-state index contributed by atoms with van der Waals surface area (Å²) < 4.78 is 0. The van der Waals surface area contributed by atoms with Gasteiger partial charge in [0.15, 0.2) is 0 Å². The minimum atomic E-state index is -0.274. The third-order valence-electron chi connectivity index (χ3n) is 3.71. The summed E-state index contributed by atoms with van der Waals surface area (Å²) in [6.07, 6.45) is 5.40. The molecule has 1 aliphatic carbocycles. The predicted octanol–water partition coefficient (Wildman–Crippen LogP) is 2.85. The van der Waals surface area contributed by atoms with Crippen molar-refractivity contribution in [2.75, 3.05) is 10.6 Å². The fourth-order valence-corrected chi connectivity index (χ4v) is 2.39. The monoisotopic (exact) mass is 305 g/mol. The highest BCUT2D eigenvalue weighted by atomic mass is 16.1. The summed E-state index contributed by atoms with van der Waals surface area (Å²) in [4.78, 5) is 25.0. The number of nitrogens with zero attached hydrogens (tertiary/aromatic N) is 3. The molecule has 0 aliphatic heterocycles. The van der Waals surface area contributed by atoms with Crippen molar-refractivity contribution >= 4 is 28.3 Å². The second-order valence-corrected chi connectivity index (χ2v) is 5.54. The number of rotatable bonds is 4. The van der Waals surface area contributed by atoms with Crippen LogP contribution in [0.5, 0.6) is 0 Å². The number of benzene rings is 1. The molecule has 3 aromatic rings. The number of aromatic nitrogens is 3. The largest absolute Gasteiger partial charge is 0.367 e. The number of fused-ring (bicyclic) bond motifs is 1. The molecule has 1 saturated carbocycles. The van der Waals surface area contributed by atoms with Crippen LogP contribution < -0.4 is 10.6 Å². The zero-order chi connectivity index (χ0) is 15.6. The smallest absolute Gasteiger partial charge is 0.274 e. The Labute approximate surface area is 133 Å². The second-order valence-electron chi connectivity index (χ2n) is 5.54. The molecule has 23 heavy (non-hydrogen) atoms. The Hall–Kier alpha value is -3.02. The highest BCUT2D eigenvalue weighted by Crippen LogP contribution is 2.24. The van der Waals surface area contributed by atoms with E-state index in [1.165, 1.54) is 6.33 Å². The van der Waals surface area contributed by atoms with Gasteiger partial charge in [-0.25, -0.2) is 9.97 Å². The van der Waals surface area contributed by atoms with E-state index in [-0.39, 0.29) is 5.91 Å². The first-order valence-electron chi connectivity index (χ1n) is 7.53. The molecule has 1 aliphatic rings. The highest BCUT2D eigenvalue weighted by molar-refractivity contribution is 6.07. The molecule has 1 fully saturated rings. The summed E-state index contributed by atoms with van der Waals surface area (Å²) >= 11 is 0. The molecule has 6 nitrogen and oxygen atoms in total. The summed E-state index contributed by atoms with van der Waals surface area (Å²) in [5.41, 5.74) is 1.76. The molecule has 2 heterocycles. The van der Waals surface area contributed by atoms with Crippen LogP contribution in [-0.2, 0) is 0 Å². The standard InChI is InChI=1S/C17H15N5O/c23-17(14-9-15(20-10-19-14)21-12-6-7-12)22-13-5-1-3-11-4-2-8-18-16(11)13/h1-5,8-10,12H,6-7H2,(H,22,23)(H,19,20,21). The van der Waals surface area contributed by atoms with Crippen LogP contribution in [0.4, 0.5) is 11.5 Å². The fourth-order valence-electron chi connectivity index (χ4n) is 2.39. The van der Waals surface area contributed by atoms with Gasteiger partial charge in [0.05, 0.1) is 11.2 Å². The molecule has 114 valence electrons. The fraction of sp³-hybridized carbons (Fsp3) is 0.176. The number of carbonyl (C=O) groups is 1. The van der Waals surface area contributed by atoms with Crippen molar-refractivity contribution in [2.24, 2.45) is 0 Å². The molecule has 0 atom stereocenters. The van der Waals surface area contributed by atoms with Gasteiger partial charge < -0.3 is 10.6 Å². The Balaban J connectivity index is 1.59. The quantitative estimate of drug-likeness (QED) is 0.775. The molecule has 1 amide bonds. The number of hydrogen-bond donors (Lipinski definition) is 2. The summed E-state index contributed by atoms with van der Waals surface area (Å²) in [7, 11) is 0. The van der Waals surface area contributed by atoms with Gasteiger partial charge >= 0.3 is 0 Å². The lowest BCUT2D eigenvalue weighted by Crippen LogP contribution is -2.15. The molecule has 0 unspecified atom stereocenters. The first kappa shape index (κ1) is 13.6. The van der Waals surface area contributed by atoms with Gasteiger partial charge in [-0.05, 0) is 25.0 Å². The SMILES string of the molecule is O=C(Nc1cccc2cccnc12)c1cc(NC2CC2)ncn1. The maximum Gasteiger partial charge on any atom is 0.274 e. The summed E-state index contributed by atoms with van der Waals surface area (Å²) in [6.45, 7) is 0. The van der Waals surface area contributed by atoms with Crippen LogP contribution in [-0.4, -0.2) is 26.9 Å². The van der Waals surface area contributed by atoms with E-state index in [0.717, 1.165) is 23.7 Å². The number of para-hydroxylation sites is 1. The van der Waals surface area contributed by atoms with Gasteiger partial charge in [0.2, 0.25) is 0 Å². The van der Waals surface area contributed by atoms with Crippen molar-refractivity contribution in [3.05, 3.63) is 54.6 Å². The number of anilines is 2. The lowest BCUT2D eigenvalue weighted by atomic mass is 10.2. The highest BCUT2D eigenvalue weighted by Gasteiger charge is 2.21. The molecule has 0 radical (unpaired) electrons. The van der Waals surface area contributed by atoms with Gasteiger partial charge in [-0.2, -0.15) is 0 Å². The predicted molar refractivity (Wildman–Crippen MR) is 88.4 cm³/mol. The second kappa shape index (κ2) is 5.64. The molecule has 2 N–H and O–H groups in total. The maximum absolute atomic E-state index is 12.5. The molecule has 0 saturated heterocycles. The average molecular weight is 305 g/mol. The van der Waals surface area contributed by atoms with Crippen molar-refractivity contribution < 1.29 is 4.79 Å². The van der Waals surface area contributed by atoms with Gasteiger partial charge in [0.25, 0.3) is 5.91 Å². The van der Waals surface area contributed by atoms with Crippen LogP contribution in [0.1, 0.15) is 23.3 Å². The first-order chi connectivity index (χ1) is 11.3. The minimum absolute atomic E-state index is 0.274. The van der Waals surface area contributed by atoms with E-state index in [1.54, 1.807) is 12.3 Å². The summed E-state index contributed by atoms with van der Waals surface area (Å²) in [5.74, 6) is 0.410. The maximum atomic E-state index is 12.5. The van der Waals surface area contributed by atoms with E-state index in [9.17, 15) is 4.79 Å². The van der Waals surface area contributed by atoms with E-state index in [4.69, 9.17) is 0 Å². The molecular weight excluding hydrogens is 290 g/mol. The molecule has 4 rings (SSSR count). The molecule has 1 aromatic carbocycles. The minimum Gasteiger partial charge on any atom is -0.367 e. The van der Waals surface area contributed by atoms with Crippen molar-refractivity contribution in [1.82, 2.24) is 15.0 Å². The number of hydrogen-bond acceptors (Lipinski definition) is 5. The summed E-state index contributed by atoms with van der Waals surface area (Å²) in [6, 6.07) is 11.7. The van der Waals surface area contributed by atoms with Crippen molar-refractivity contribution in [3.63, 3.8) is 0 Å². The van der Waals surface area contributed by atoms with E-state index in [0.29, 0.717) is 23.2 Å². The van der Waals surface area contributed by atoms with Crippen LogP contribution in [0.2, 0.25) is 0 Å². The average Bonchev–Trinajstić information content (AvgIpc) is 3.39. The normalized spacial score (nSPS) is 13.7. The van der Waals surface area contributed by atoms with Crippen LogP contribution >= 0.6 is 0 Å². The zero-order valence-electron chi connectivity index (χ0n) is 12.4. The van der Waals surface area contributed by atoms with Crippen molar-refractivity contribution in [2.45, 2.75) is 18.9 Å². The van der Waals surface area contributed by atoms with Crippen LogP contribution in [0, 0.1) is 0 Å². The Kier molecular flexibility index (Phi) is 3.34. The molecule has 2 aromatic heterocycles. The Bertz CT molecular complexity index is 870. The topological polar surface area (TPSA) is 79.8 Å². The first-order valence-corrected chi connectivity index (χ1v) is 7.53. The Morgan fingerprint density at radius 1 is 1.09 bits per heavy atom. The summed E-state index contributed by atoms with van der Waals surface area (Å²) in [5, 5.41) is 7.12. The van der Waals surface area contributed by atoms with Crippen LogP contribution in [0.15, 0.2) is 48.9 Å². The van der Waals surface area contributed by atoms with Gasteiger partial charge in [-0.15, -0.1) is 0 Å². The number of carbonyl (C=O) groups excluding carboxylic acids is 1. The number of pyridine rings is 1. The lowest BCUT2D eigenvalue weighted by Gasteiger charge is -2.08. The lowest BCUT2D eigenvalue weighted by molar-refractivity contribution is 0.102. The van der Waals surface area contributed by atoms with Gasteiger partial charge in [0.1, 0.15) is 17.8 Å². The molecule has 0 spiro atoms. The van der Waals surface area contributed by atoms with E-state index >= 15 is 0 Å². The van der Waals surface area contributed by atoms with E-state index in [1.807, 2.05) is 30.3 Å². The third kappa shape index (κ3) is 2.96. The van der Waals surface area contributed by atoms with Crippen molar-refractivity contribution in [3.8, 4) is 0 Å². The van der Waals surface area contributed by atoms with E-state index in [2.05, 4.69) is 25.6 Å². The van der Waals surface area contributed by atoms with Gasteiger partial charge in [0, 0.05) is 23.7 Å². The number of amides is 1. The third-order valence-corrected chi connectivity index (χ3v) is 3.71. The number of nitrogens with one attached hydrogen (secondary N) is 2. The van der Waals surface area contributed by atoms with Crippen molar-refractivity contribution in [1.29, 1.82) is 0 Å². The zero-order valence-corrected chi connectivity index (χ0v) is 12.4. The Morgan fingerprint density at radius 3 is 2.83 bits per heavy atom. The van der Waals surface area contributed by atoms with Gasteiger partial charge in [-0.1, -0.05) is 18.2 Å². The van der Waals surface area contributed by atoms with Crippen LogP contribution in [0.3, 0.4) is 0 Å². The van der Waals surface area contributed by atoms with E-state index < -0.39 is 0 Å². The Morgan fingerprint density at radius 2 is 1.96 bits per heavy atom. The molecular formula is C17H15N5O. The van der Waals surface area contributed by atoms with Gasteiger partial charge in [-0.3, -0.25) is 9.78 Å². The molecule has 6 heteroatoms.